The monoisotopic (exact) mass is 294 g/mol. The lowest BCUT2D eigenvalue weighted by Crippen LogP contribution is -2.01. The second kappa shape index (κ2) is 6.18. The van der Waals surface area contributed by atoms with Gasteiger partial charge in [0.05, 0.1) is 12.8 Å². The third kappa shape index (κ3) is 2.90. The standard InChI is InChI=1S/C15H16ClFN2O/c1-4-5-13-18-14(9(2)15(16)19-13)10-6-7-12(20-3)11(17)8-10/h6-8H,4-5H2,1-3H3. The summed E-state index contributed by atoms with van der Waals surface area (Å²) in [7, 11) is 1.43. The molecule has 0 atom stereocenters. The molecule has 1 aromatic carbocycles. The molecule has 2 aromatic rings. The van der Waals surface area contributed by atoms with Crippen LogP contribution in [0.2, 0.25) is 5.15 Å². The molecule has 3 nitrogen and oxygen atoms in total. The van der Waals surface area contributed by atoms with Crippen LogP contribution < -0.4 is 4.74 Å². The number of halogens is 2. The van der Waals surface area contributed by atoms with Gasteiger partial charge in [-0.25, -0.2) is 14.4 Å². The maximum absolute atomic E-state index is 13.8. The Bertz CT molecular complexity index is 632. The molecule has 0 unspecified atom stereocenters. The van der Waals surface area contributed by atoms with Gasteiger partial charge in [0, 0.05) is 17.5 Å². The molecule has 0 saturated carbocycles. The quantitative estimate of drug-likeness (QED) is 0.793. The van der Waals surface area contributed by atoms with E-state index in [0.29, 0.717) is 22.2 Å². The Labute approximate surface area is 122 Å². The van der Waals surface area contributed by atoms with Crippen LogP contribution in [-0.2, 0) is 6.42 Å². The number of hydrogen-bond donors (Lipinski definition) is 0. The van der Waals surface area contributed by atoms with Crippen LogP contribution in [0.25, 0.3) is 11.3 Å². The highest BCUT2D eigenvalue weighted by molar-refractivity contribution is 6.30. The van der Waals surface area contributed by atoms with Crippen molar-refractivity contribution in [2.24, 2.45) is 0 Å². The van der Waals surface area contributed by atoms with Gasteiger partial charge in [0.15, 0.2) is 11.6 Å². The van der Waals surface area contributed by atoms with Gasteiger partial charge in [-0.05, 0) is 31.5 Å². The van der Waals surface area contributed by atoms with Crippen LogP contribution in [0.5, 0.6) is 5.75 Å². The van der Waals surface area contributed by atoms with E-state index < -0.39 is 5.82 Å². The van der Waals surface area contributed by atoms with E-state index in [1.807, 2.05) is 13.8 Å². The SMILES string of the molecule is CCCc1nc(Cl)c(C)c(-c2ccc(OC)c(F)c2)n1. The molecule has 0 saturated heterocycles. The first-order valence-corrected chi connectivity index (χ1v) is 6.81. The van der Waals surface area contributed by atoms with E-state index in [9.17, 15) is 4.39 Å². The molecule has 0 N–H and O–H groups in total. The lowest BCUT2D eigenvalue weighted by atomic mass is 10.1. The highest BCUT2D eigenvalue weighted by atomic mass is 35.5. The Balaban J connectivity index is 2.53. The van der Waals surface area contributed by atoms with Gasteiger partial charge in [-0.2, -0.15) is 0 Å². The maximum atomic E-state index is 13.8. The van der Waals surface area contributed by atoms with E-state index in [1.54, 1.807) is 12.1 Å². The van der Waals surface area contributed by atoms with E-state index in [-0.39, 0.29) is 5.75 Å². The average molecular weight is 295 g/mol. The number of nitrogens with zero attached hydrogens (tertiary/aromatic N) is 2. The van der Waals surface area contributed by atoms with Gasteiger partial charge in [0.2, 0.25) is 0 Å². The van der Waals surface area contributed by atoms with Crippen LogP contribution in [0, 0.1) is 12.7 Å². The second-order valence-corrected chi connectivity index (χ2v) is 4.86. The third-order valence-electron chi connectivity index (χ3n) is 3.03. The molecular formula is C15H16ClFN2O. The lowest BCUT2D eigenvalue weighted by molar-refractivity contribution is 0.386. The van der Waals surface area contributed by atoms with Crippen LogP contribution >= 0.6 is 11.6 Å². The zero-order chi connectivity index (χ0) is 14.7. The fourth-order valence-electron chi connectivity index (χ4n) is 1.96. The molecular weight excluding hydrogens is 279 g/mol. The summed E-state index contributed by atoms with van der Waals surface area (Å²) >= 11 is 6.13. The fourth-order valence-corrected chi connectivity index (χ4v) is 2.15. The highest BCUT2D eigenvalue weighted by Crippen LogP contribution is 2.29. The van der Waals surface area contributed by atoms with E-state index in [1.165, 1.54) is 13.2 Å². The number of aryl methyl sites for hydroxylation is 1. The molecule has 2 rings (SSSR count). The first-order valence-electron chi connectivity index (χ1n) is 6.43. The van der Waals surface area contributed by atoms with E-state index >= 15 is 0 Å². The van der Waals surface area contributed by atoms with Crippen LogP contribution in [0.3, 0.4) is 0 Å². The van der Waals surface area contributed by atoms with E-state index in [0.717, 1.165) is 18.4 Å². The Kier molecular flexibility index (Phi) is 4.55. The van der Waals surface area contributed by atoms with Crippen LogP contribution in [-0.4, -0.2) is 17.1 Å². The van der Waals surface area contributed by atoms with Crippen LogP contribution in [0.15, 0.2) is 18.2 Å². The Morgan fingerprint density at radius 1 is 1.30 bits per heavy atom. The van der Waals surface area contributed by atoms with Crippen molar-refractivity contribution in [2.75, 3.05) is 7.11 Å². The molecule has 0 aliphatic heterocycles. The molecule has 106 valence electrons. The first-order chi connectivity index (χ1) is 9.56. The van der Waals surface area contributed by atoms with Crippen molar-refractivity contribution >= 4 is 11.6 Å². The predicted molar refractivity (Wildman–Crippen MR) is 77.7 cm³/mol. The van der Waals surface area contributed by atoms with Crippen molar-refractivity contribution in [1.82, 2.24) is 9.97 Å². The molecule has 0 radical (unpaired) electrons. The smallest absolute Gasteiger partial charge is 0.165 e. The molecule has 0 bridgehead atoms. The summed E-state index contributed by atoms with van der Waals surface area (Å²) in [6.45, 7) is 3.87. The van der Waals surface area contributed by atoms with E-state index in [2.05, 4.69) is 9.97 Å². The zero-order valence-corrected chi connectivity index (χ0v) is 12.5. The number of methoxy groups -OCH3 is 1. The van der Waals surface area contributed by atoms with Gasteiger partial charge in [-0.1, -0.05) is 18.5 Å². The minimum Gasteiger partial charge on any atom is -0.494 e. The molecule has 0 aliphatic carbocycles. The normalized spacial score (nSPS) is 10.7. The summed E-state index contributed by atoms with van der Waals surface area (Å²) in [5, 5.41) is 0.412. The maximum Gasteiger partial charge on any atom is 0.165 e. The van der Waals surface area contributed by atoms with Crippen molar-refractivity contribution < 1.29 is 9.13 Å². The number of aromatic nitrogens is 2. The highest BCUT2D eigenvalue weighted by Gasteiger charge is 2.13. The zero-order valence-electron chi connectivity index (χ0n) is 11.7. The number of ether oxygens (including phenoxy) is 1. The molecule has 20 heavy (non-hydrogen) atoms. The second-order valence-electron chi connectivity index (χ2n) is 4.50. The molecule has 0 amide bonds. The molecule has 1 heterocycles. The van der Waals surface area contributed by atoms with Crippen molar-refractivity contribution in [3.8, 4) is 17.0 Å². The van der Waals surface area contributed by atoms with Gasteiger partial charge in [0.1, 0.15) is 11.0 Å². The predicted octanol–water partition coefficient (Wildman–Crippen LogP) is 4.21. The average Bonchev–Trinajstić information content (AvgIpc) is 2.43. The van der Waals surface area contributed by atoms with Crippen molar-refractivity contribution in [3.05, 3.63) is 40.6 Å². The Morgan fingerprint density at radius 2 is 2.05 bits per heavy atom. The summed E-state index contributed by atoms with van der Waals surface area (Å²) in [6, 6.07) is 4.75. The summed E-state index contributed by atoms with van der Waals surface area (Å²) in [5.74, 6) is 0.464. The number of hydrogen-bond acceptors (Lipinski definition) is 3. The molecule has 1 aromatic heterocycles. The first kappa shape index (κ1) is 14.7. The Hall–Kier alpha value is -1.68. The van der Waals surface area contributed by atoms with Crippen molar-refractivity contribution in [2.45, 2.75) is 26.7 Å². The van der Waals surface area contributed by atoms with Gasteiger partial charge < -0.3 is 4.74 Å². The summed E-state index contributed by atoms with van der Waals surface area (Å²) in [4.78, 5) is 8.73. The van der Waals surface area contributed by atoms with Crippen LogP contribution in [0.4, 0.5) is 4.39 Å². The molecule has 0 spiro atoms. The van der Waals surface area contributed by atoms with E-state index in [4.69, 9.17) is 16.3 Å². The summed E-state index contributed by atoms with van der Waals surface area (Å²) in [5.41, 5.74) is 2.08. The van der Waals surface area contributed by atoms with Gasteiger partial charge >= 0.3 is 0 Å². The van der Waals surface area contributed by atoms with Crippen molar-refractivity contribution in [1.29, 1.82) is 0 Å². The topological polar surface area (TPSA) is 35.0 Å². The number of rotatable bonds is 4. The summed E-state index contributed by atoms with van der Waals surface area (Å²) in [6.07, 6.45) is 1.67. The minimum absolute atomic E-state index is 0.209. The Morgan fingerprint density at radius 3 is 2.65 bits per heavy atom. The third-order valence-corrected chi connectivity index (χ3v) is 3.40. The summed E-state index contributed by atoms with van der Waals surface area (Å²) < 4.78 is 18.7. The lowest BCUT2D eigenvalue weighted by Gasteiger charge is -2.10. The number of benzene rings is 1. The van der Waals surface area contributed by atoms with Gasteiger partial charge in [-0.15, -0.1) is 0 Å². The van der Waals surface area contributed by atoms with Crippen molar-refractivity contribution in [3.63, 3.8) is 0 Å². The molecule has 0 fully saturated rings. The largest absolute Gasteiger partial charge is 0.494 e. The fraction of sp³-hybridized carbons (Fsp3) is 0.333. The molecule has 0 aliphatic rings. The molecule has 5 heteroatoms. The van der Waals surface area contributed by atoms with Crippen LogP contribution in [0.1, 0.15) is 24.7 Å². The van der Waals surface area contributed by atoms with Gasteiger partial charge in [0.25, 0.3) is 0 Å². The van der Waals surface area contributed by atoms with Gasteiger partial charge in [-0.3, -0.25) is 0 Å². The minimum atomic E-state index is -0.420.